The Morgan fingerprint density at radius 2 is 1.13 bits per heavy atom. The zero-order valence-electron chi connectivity index (χ0n) is 36.9. The van der Waals surface area contributed by atoms with E-state index in [-0.39, 0.29) is 44.6 Å². The lowest BCUT2D eigenvalue weighted by Crippen LogP contribution is -2.68. The number of carbonyl (C=O) groups excluding carboxylic acids is 2. The molecule has 326 valence electrons. The zero-order chi connectivity index (χ0) is 41.3. The van der Waals surface area contributed by atoms with E-state index in [2.05, 4.69) is 84.4 Å². The number of amides is 2. The van der Waals surface area contributed by atoms with Crippen molar-refractivity contribution in [3.63, 3.8) is 0 Å². The lowest BCUT2D eigenvalue weighted by atomic mass is 9.33. The van der Waals surface area contributed by atoms with Gasteiger partial charge >= 0.3 is 0 Å². The summed E-state index contributed by atoms with van der Waals surface area (Å²) >= 11 is 0. The molecule has 2 amide bonds. The number of nitrogens with two attached hydrogens (primary N) is 1. The van der Waals surface area contributed by atoms with E-state index < -0.39 is 5.41 Å². The molecule has 9 aliphatic carbocycles. The van der Waals surface area contributed by atoms with Crippen LogP contribution in [0.3, 0.4) is 0 Å². The van der Waals surface area contributed by atoms with E-state index in [0.717, 1.165) is 129 Å². The minimum atomic E-state index is -0.454. The molecule has 0 aromatic heterocycles. The molecule has 2 aromatic carbocycles. The Morgan fingerprint density at radius 3 is 1.77 bits per heavy atom. The minimum absolute atomic E-state index is 0.0343. The maximum Gasteiger partial charge on any atom is 0.226 e. The third-order valence-corrected chi connectivity index (χ3v) is 18.2. The van der Waals surface area contributed by atoms with Gasteiger partial charge in [0.25, 0.3) is 0 Å². The van der Waals surface area contributed by atoms with Gasteiger partial charge in [-0.2, -0.15) is 0 Å². The number of hydrogen-bond acceptors (Lipinski definition) is 6. The molecule has 8 nitrogen and oxygen atoms in total. The highest BCUT2D eigenvalue weighted by atomic mass is 16.5. The second-order valence-electron chi connectivity index (χ2n) is 22.6. The van der Waals surface area contributed by atoms with Crippen molar-refractivity contribution in [2.24, 2.45) is 39.2 Å². The van der Waals surface area contributed by atoms with Crippen LogP contribution in [-0.2, 0) is 35.3 Å². The Hall–Kier alpha value is -2.78. The van der Waals surface area contributed by atoms with E-state index in [4.69, 9.17) is 15.2 Å². The number of ether oxygens (including phenoxy) is 2. The molecule has 2 aromatic rings. The Labute approximate surface area is 360 Å². The fourth-order valence-electron chi connectivity index (χ4n) is 17.0. The Morgan fingerprint density at radius 1 is 0.600 bits per heavy atom. The molecule has 1 saturated heterocycles. The molecule has 9 saturated carbocycles. The van der Waals surface area contributed by atoms with Crippen molar-refractivity contribution in [3.05, 3.63) is 71.3 Å². The third kappa shape index (κ3) is 7.01. The number of nitrogens with one attached hydrogen (secondary N) is 3. The van der Waals surface area contributed by atoms with Crippen molar-refractivity contribution < 1.29 is 19.1 Å². The smallest absolute Gasteiger partial charge is 0.226 e. The molecule has 4 unspecified atom stereocenters. The van der Waals surface area contributed by atoms with Crippen LogP contribution in [0.4, 0.5) is 0 Å². The van der Waals surface area contributed by atoms with E-state index in [0.29, 0.717) is 43.5 Å². The van der Waals surface area contributed by atoms with Crippen LogP contribution in [0.25, 0.3) is 0 Å². The van der Waals surface area contributed by atoms with Gasteiger partial charge in [-0.25, -0.2) is 0 Å². The fourth-order valence-corrected chi connectivity index (χ4v) is 17.0. The van der Waals surface area contributed by atoms with Gasteiger partial charge in [-0.05, 0) is 205 Å². The largest absolute Gasteiger partial charge is 0.381 e. The standard InChI is InChI=1S/C52H74N4O4/c1-3-59-35-46-22-38-23-48(26-46,31-49(24-38,27-46)44(57)56-43-18-20-54-21-19-43)40-12-14-41(15-13-40)51-29-47(36-60-4-2)28-50(32-51,39-8-6-5-7-9-39)33-52(30-47,34-51)45(58)55-42-16-10-37(25-53)11-17-42/h5-9,12-15,37-38,42-43,54H,3-4,10-11,16-36,53H2,1-2H3,(H,55,58)(H,56,57)/t37-,38?,42-,46-,47+,48+,49?,50-,51?,52?/m0/s1. The van der Waals surface area contributed by atoms with Crippen LogP contribution in [0.2, 0.25) is 0 Å². The summed E-state index contributed by atoms with van der Waals surface area (Å²) in [6.45, 7) is 9.81. The second-order valence-corrected chi connectivity index (χ2v) is 22.6. The van der Waals surface area contributed by atoms with Crippen LogP contribution in [0.15, 0.2) is 54.6 Å². The lowest BCUT2D eigenvalue weighted by molar-refractivity contribution is -0.180. The number of benzene rings is 2. The molecule has 0 radical (unpaired) electrons. The molecule has 12 rings (SSSR count). The number of piperidine rings is 1. The summed E-state index contributed by atoms with van der Waals surface area (Å²) in [6, 6.07) is 21.7. The van der Waals surface area contributed by atoms with Crippen molar-refractivity contribution >= 4 is 11.8 Å². The van der Waals surface area contributed by atoms with Gasteiger partial charge in [0, 0.05) is 25.3 Å². The molecular weight excluding hydrogens is 745 g/mol. The summed E-state index contributed by atoms with van der Waals surface area (Å²) in [4.78, 5) is 29.8. The summed E-state index contributed by atoms with van der Waals surface area (Å²) < 4.78 is 12.8. The number of rotatable bonds is 14. The Kier molecular flexibility index (Phi) is 10.6. The summed E-state index contributed by atoms with van der Waals surface area (Å²) in [7, 11) is 0. The van der Waals surface area contributed by atoms with E-state index in [1.807, 2.05) is 0 Å². The van der Waals surface area contributed by atoms with Gasteiger partial charge in [0.15, 0.2) is 0 Å². The number of hydrogen-bond donors (Lipinski definition) is 4. The van der Waals surface area contributed by atoms with Crippen molar-refractivity contribution in [2.45, 2.75) is 158 Å². The highest BCUT2D eigenvalue weighted by Gasteiger charge is 2.71. The van der Waals surface area contributed by atoms with Gasteiger partial charge in [-0.15, -0.1) is 0 Å². The molecule has 0 spiro atoms. The first-order chi connectivity index (χ1) is 29.0. The van der Waals surface area contributed by atoms with Crippen LogP contribution in [0, 0.1) is 33.5 Å². The molecular formula is C52H74N4O4. The summed E-state index contributed by atoms with van der Waals surface area (Å²) in [5.41, 5.74) is 9.20. The summed E-state index contributed by atoms with van der Waals surface area (Å²) in [6.07, 6.45) is 18.6. The second kappa shape index (κ2) is 15.5. The predicted octanol–water partition coefficient (Wildman–Crippen LogP) is 8.00. The van der Waals surface area contributed by atoms with E-state index in [1.165, 1.54) is 29.5 Å². The van der Waals surface area contributed by atoms with E-state index in [9.17, 15) is 4.79 Å². The molecule has 1 aliphatic heterocycles. The predicted molar refractivity (Wildman–Crippen MR) is 237 cm³/mol. The maximum atomic E-state index is 15.2. The van der Waals surface area contributed by atoms with Crippen LogP contribution in [0.5, 0.6) is 0 Å². The maximum absolute atomic E-state index is 15.2. The van der Waals surface area contributed by atoms with Crippen molar-refractivity contribution in [1.29, 1.82) is 0 Å². The van der Waals surface area contributed by atoms with Gasteiger partial charge in [0.05, 0.1) is 24.0 Å². The first-order valence-corrected chi connectivity index (χ1v) is 24.4. The normalized spacial score (nSPS) is 41.7. The molecule has 8 bridgehead atoms. The molecule has 10 fully saturated rings. The minimum Gasteiger partial charge on any atom is -0.381 e. The van der Waals surface area contributed by atoms with Crippen LogP contribution in [-0.4, -0.2) is 70.0 Å². The first kappa shape index (κ1) is 41.2. The Balaban J connectivity index is 1.01. The average Bonchev–Trinajstić information content (AvgIpc) is 3.25. The van der Waals surface area contributed by atoms with Crippen LogP contribution < -0.4 is 21.7 Å². The van der Waals surface area contributed by atoms with Crippen LogP contribution >= 0.6 is 0 Å². The summed E-state index contributed by atoms with van der Waals surface area (Å²) in [5, 5.41) is 10.8. The van der Waals surface area contributed by atoms with E-state index >= 15 is 4.79 Å². The van der Waals surface area contributed by atoms with Gasteiger partial charge in [-0.3, -0.25) is 9.59 Å². The quantitative estimate of drug-likeness (QED) is 0.154. The lowest BCUT2D eigenvalue weighted by Gasteiger charge is -2.70. The molecule has 8 atom stereocenters. The highest BCUT2D eigenvalue weighted by molar-refractivity contribution is 5.85. The average molecular weight is 819 g/mol. The highest BCUT2D eigenvalue weighted by Crippen LogP contribution is 2.75. The molecule has 1 heterocycles. The van der Waals surface area contributed by atoms with E-state index in [1.54, 1.807) is 0 Å². The summed E-state index contributed by atoms with van der Waals surface area (Å²) in [5.74, 6) is 1.73. The topological polar surface area (TPSA) is 115 Å². The van der Waals surface area contributed by atoms with Crippen LogP contribution in [0.1, 0.15) is 146 Å². The van der Waals surface area contributed by atoms with Gasteiger partial charge < -0.3 is 31.2 Å². The molecule has 5 N–H and O–H groups in total. The van der Waals surface area contributed by atoms with Crippen molar-refractivity contribution in [2.75, 3.05) is 46.1 Å². The van der Waals surface area contributed by atoms with Gasteiger partial charge in [-0.1, -0.05) is 54.6 Å². The molecule has 60 heavy (non-hydrogen) atoms. The molecule has 10 aliphatic rings. The first-order valence-electron chi connectivity index (χ1n) is 24.4. The fraction of sp³-hybridized carbons (Fsp3) is 0.731. The number of carbonyl (C=O) groups is 2. The molecule has 8 heteroatoms. The van der Waals surface area contributed by atoms with Crippen molar-refractivity contribution in [3.8, 4) is 0 Å². The third-order valence-electron chi connectivity index (χ3n) is 18.2. The Bertz CT molecular complexity index is 1890. The van der Waals surface area contributed by atoms with Gasteiger partial charge in [0.2, 0.25) is 11.8 Å². The monoisotopic (exact) mass is 819 g/mol. The van der Waals surface area contributed by atoms with Crippen molar-refractivity contribution in [1.82, 2.24) is 16.0 Å². The SMILES string of the molecule is CCOC[C@]12CC3CC(C(=O)NC4CCNCC4)(C1)C[C@@](c1ccc(C45CC6(C(=O)N[C@H]7CC[C@H](CN)CC7)C[C@](COCC)(C4)C[C@@](c4ccccc4)(C6)C5)cc1)(C3)C2. The zero-order valence-corrected chi connectivity index (χ0v) is 36.9. The van der Waals surface area contributed by atoms with Gasteiger partial charge in [0.1, 0.15) is 0 Å².